The minimum Gasteiger partial charge on any atom is -0.303 e. The van der Waals surface area contributed by atoms with Crippen molar-refractivity contribution in [1.82, 2.24) is 4.90 Å². The van der Waals surface area contributed by atoms with Crippen molar-refractivity contribution >= 4 is 29.8 Å². The number of rotatable bonds is 4. The zero-order valence-electron chi connectivity index (χ0n) is 15.6. The molecule has 2 aromatic rings. The van der Waals surface area contributed by atoms with Gasteiger partial charge in [0.2, 0.25) is 0 Å². The molecule has 0 amide bonds. The van der Waals surface area contributed by atoms with Gasteiger partial charge in [0, 0.05) is 23.0 Å². The number of halogens is 2. The Hall–Kier alpha value is -1.35. The molecule has 2 aromatic carbocycles. The molecule has 1 atom stereocenters. The maximum absolute atomic E-state index is 13.0. The summed E-state index contributed by atoms with van der Waals surface area (Å²) >= 11 is 6.08. The molecule has 0 aromatic heterocycles. The van der Waals surface area contributed by atoms with E-state index in [9.17, 15) is 4.79 Å². The zero-order valence-corrected chi connectivity index (χ0v) is 17.1. The van der Waals surface area contributed by atoms with E-state index in [0.717, 1.165) is 67.9 Å². The summed E-state index contributed by atoms with van der Waals surface area (Å²) in [6.45, 7) is 3.36. The highest BCUT2D eigenvalue weighted by Crippen LogP contribution is 2.36. The van der Waals surface area contributed by atoms with Crippen molar-refractivity contribution in [3.63, 3.8) is 0 Å². The Kier molecular flexibility index (Phi) is 6.97. The monoisotopic (exact) mass is 403 g/mol. The first-order valence-electron chi connectivity index (χ1n) is 9.79. The first-order chi connectivity index (χ1) is 12.7. The van der Waals surface area contributed by atoms with Crippen LogP contribution in [-0.2, 0) is 12.8 Å². The van der Waals surface area contributed by atoms with Crippen LogP contribution < -0.4 is 0 Å². The number of hydrogen-bond acceptors (Lipinski definition) is 2. The molecule has 1 saturated heterocycles. The molecule has 0 bridgehead atoms. The van der Waals surface area contributed by atoms with Crippen molar-refractivity contribution < 1.29 is 4.79 Å². The van der Waals surface area contributed by atoms with Gasteiger partial charge in [-0.25, -0.2) is 0 Å². The fourth-order valence-corrected chi connectivity index (χ4v) is 4.81. The molecule has 0 spiro atoms. The maximum Gasteiger partial charge on any atom is 0.166 e. The number of carbonyl (C=O) groups excluding carboxylic acids is 1. The van der Waals surface area contributed by atoms with Crippen LogP contribution in [0.3, 0.4) is 0 Å². The molecule has 4 rings (SSSR count). The minimum atomic E-state index is 0. The lowest BCUT2D eigenvalue weighted by Crippen LogP contribution is -2.40. The second-order valence-corrected chi connectivity index (χ2v) is 8.16. The Morgan fingerprint density at radius 2 is 1.74 bits per heavy atom. The van der Waals surface area contributed by atoms with Crippen molar-refractivity contribution in [2.24, 2.45) is 11.8 Å². The molecule has 1 heterocycles. The summed E-state index contributed by atoms with van der Waals surface area (Å²) in [6, 6.07) is 16.5. The summed E-state index contributed by atoms with van der Waals surface area (Å²) in [5, 5.41) is 0.738. The van der Waals surface area contributed by atoms with Gasteiger partial charge in [-0.3, -0.25) is 4.79 Å². The average Bonchev–Trinajstić information content (AvgIpc) is 2.68. The molecular formula is C23H27Cl2NO. The lowest BCUT2D eigenvalue weighted by atomic mass is 9.73. The van der Waals surface area contributed by atoms with Crippen molar-refractivity contribution in [2.45, 2.75) is 32.1 Å². The molecule has 1 fully saturated rings. The smallest absolute Gasteiger partial charge is 0.166 e. The van der Waals surface area contributed by atoms with Gasteiger partial charge < -0.3 is 4.90 Å². The van der Waals surface area contributed by atoms with Gasteiger partial charge in [0.25, 0.3) is 0 Å². The van der Waals surface area contributed by atoms with Crippen molar-refractivity contribution in [2.75, 3.05) is 19.6 Å². The molecule has 0 N–H and O–H groups in total. The predicted molar refractivity (Wildman–Crippen MR) is 114 cm³/mol. The van der Waals surface area contributed by atoms with Crippen LogP contribution in [0.15, 0.2) is 48.5 Å². The zero-order chi connectivity index (χ0) is 17.9. The lowest BCUT2D eigenvalue weighted by Gasteiger charge is -2.37. The van der Waals surface area contributed by atoms with Gasteiger partial charge in [0.15, 0.2) is 5.78 Å². The number of nitrogens with zero attached hydrogens (tertiary/aromatic N) is 1. The second kappa shape index (κ2) is 9.23. The molecule has 2 nitrogen and oxygen atoms in total. The van der Waals surface area contributed by atoms with Crippen LogP contribution in [-0.4, -0.2) is 30.3 Å². The predicted octanol–water partition coefficient (Wildman–Crippen LogP) is 5.46. The number of Topliss-reactive ketones (excluding diaryl/α,β-unsaturated/α-hetero) is 1. The number of likely N-dealkylation sites (tertiary alicyclic amines) is 1. The van der Waals surface area contributed by atoms with E-state index in [2.05, 4.69) is 35.2 Å². The molecule has 1 unspecified atom stereocenters. The van der Waals surface area contributed by atoms with Crippen LogP contribution in [0.5, 0.6) is 0 Å². The van der Waals surface area contributed by atoms with Gasteiger partial charge in [-0.15, -0.1) is 12.4 Å². The molecule has 0 saturated carbocycles. The van der Waals surface area contributed by atoms with Crippen LogP contribution >= 0.6 is 24.0 Å². The van der Waals surface area contributed by atoms with Crippen molar-refractivity contribution in [1.29, 1.82) is 0 Å². The van der Waals surface area contributed by atoms with E-state index < -0.39 is 0 Å². The lowest BCUT2D eigenvalue weighted by molar-refractivity contribution is 0.0769. The molecule has 27 heavy (non-hydrogen) atoms. The van der Waals surface area contributed by atoms with Crippen LogP contribution in [0.2, 0.25) is 5.02 Å². The standard InChI is InChI=1S/C23H26ClNO.ClH/c24-20-7-9-22-19(16-20)6-8-21(23(22)26)18-11-14-25(15-12-18)13-10-17-4-2-1-3-5-17;/h1-5,7,9,16,18,21H,6,8,10-15H2;1H. The summed E-state index contributed by atoms with van der Waals surface area (Å²) in [7, 11) is 0. The molecule has 1 aliphatic carbocycles. The van der Waals surface area contributed by atoms with Gasteiger partial charge in [-0.05, 0) is 80.4 Å². The first kappa shape index (κ1) is 20.4. The minimum absolute atomic E-state index is 0. The Morgan fingerprint density at radius 1 is 1.00 bits per heavy atom. The van der Waals surface area contributed by atoms with Gasteiger partial charge in [0.1, 0.15) is 0 Å². The SMILES string of the molecule is Cl.O=C1c2ccc(Cl)cc2CCC1C1CCN(CCc2ccccc2)CC1. The normalized spacial score (nSPS) is 20.8. The number of aryl methyl sites for hydroxylation is 1. The molecule has 144 valence electrons. The number of ketones is 1. The molecule has 2 aliphatic rings. The fourth-order valence-electron chi connectivity index (χ4n) is 4.61. The van der Waals surface area contributed by atoms with Gasteiger partial charge in [-0.1, -0.05) is 41.9 Å². The van der Waals surface area contributed by atoms with E-state index in [4.69, 9.17) is 11.6 Å². The van der Waals surface area contributed by atoms with Gasteiger partial charge >= 0.3 is 0 Å². The molecule has 4 heteroatoms. The number of fused-ring (bicyclic) bond motifs is 1. The number of benzene rings is 2. The number of hydrogen-bond donors (Lipinski definition) is 0. The third kappa shape index (κ3) is 4.74. The van der Waals surface area contributed by atoms with E-state index in [1.165, 1.54) is 5.56 Å². The van der Waals surface area contributed by atoms with Crippen LogP contribution in [0.1, 0.15) is 40.7 Å². The Balaban J connectivity index is 0.00000210. The van der Waals surface area contributed by atoms with Crippen LogP contribution in [0.4, 0.5) is 0 Å². The highest BCUT2D eigenvalue weighted by molar-refractivity contribution is 6.30. The van der Waals surface area contributed by atoms with Crippen LogP contribution in [0, 0.1) is 11.8 Å². The van der Waals surface area contributed by atoms with E-state index in [1.807, 2.05) is 18.2 Å². The first-order valence-corrected chi connectivity index (χ1v) is 10.2. The maximum atomic E-state index is 13.0. The third-order valence-electron chi connectivity index (χ3n) is 6.16. The Morgan fingerprint density at radius 3 is 2.48 bits per heavy atom. The molecular weight excluding hydrogens is 377 g/mol. The largest absolute Gasteiger partial charge is 0.303 e. The second-order valence-electron chi connectivity index (χ2n) is 7.73. The molecule has 1 aliphatic heterocycles. The fraction of sp³-hybridized carbons (Fsp3) is 0.435. The number of piperidine rings is 1. The summed E-state index contributed by atoms with van der Waals surface area (Å²) in [5.41, 5.74) is 3.46. The Labute approximate surface area is 173 Å². The summed E-state index contributed by atoms with van der Waals surface area (Å²) in [6.07, 6.45) is 5.38. The van der Waals surface area contributed by atoms with Gasteiger partial charge in [0.05, 0.1) is 0 Å². The highest BCUT2D eigenvalue weighted by Gasteiger charge is 2.35. The van der Waals surface area contributed by atoms with Crippen LogP contribution in [0.25, 0.3) is 0 Å². The molecule has 0 radical (unpaired) electrons. The summed E-state index contributed by atoms with van der Waals surface area (Å²) in [5.74, 6) is 1.10. The topological polar surface area (TPSA) is 20.3 Å². The summed E-state index contributed by atoms with van der Waals surface area (Å²) < 4.78 is 0. The van der Waals surface area contributed by atoms with Crippen molar-refractivity contribution in [3.8, 4) is 0 Å². The van der Waals surface area contributed by atoms with E-state index >= 15 is 0 Å². The highest BCUT2D eigenvalue weighted by atomic mass is 35.5. The van der Waals surface area contributed by atoms with E-state index in [0.29, 0.717) is 11.7 Å². The van der Waals surface area contributed by atoms with Gasteiger partial charge in [-0.2, -0.15) is 0 Å². The third-order valence-corrected chi connectivity index (χ3v) is 6.39. The van der Waals surface area contributed by atoms with E-state index in [-0.39, 0.29) is 18.3 Å². The Bertz CT molecular complexity index is 769. The quantitative estimate of drug-likeness (QED) is 0.674. The average molecular weight is 404 g/mol. The van der Waals surface area contributed by atoms with Crippen molar-refractivity contribution in [3.05, 3.63) is 70.2 Å². The summed E-state index contributed by atoms with van der Waals surface area (Å²) in [4.78, 5) is 15.5. The van der Waals surface area contributed by atoms with E-state index in [1.54, 1.807) is 0 Å². The number of carbonyl (C=O) groups is 1.